The lowest BCUT2D eigenvalue weighted by molar-refractivity contribution is 0.258. The lowest BCUT2D eigenvalue weighted by atomic mass is 9.57. The van der Waals surface area contributed by atoms with Crippen LogP contribution in [0.2, 0.25) is 12.6 Å². The van der Waals surface area contributed by atoms with Crippen LogP contribution in [0.25, 0.3) is 0 Å². The van der Waals surface area contributed by atoms with E-state index in [-0.39, 0.29) is 0 Å². The van der Waals surface area contributed by atoms with Crippen LogP contribution >= 0.6 is 0 Å². The fourth-order valence-electron chi connectivity index (χ4n) is 2.64. The van der Waals surface area contributed by atoms with Crippen molar-refractivity contribution in [1.29, 1.82) is 0 Å². The summed E-state index contributed by atoms with van der Waals surface area (Å²) in [7, 11) is 0. The normalized spacial score (nSPS) is 28.9. The number of rotatable bonds is 4. The molecule has 1 rings (SSSR count). The Bertz CT molecular complexity index is 149. The van der Waals surface area contributed by atoms with Gasteiger partial charge in [-0.3, -0.25) is 0 Å². The molecule has 0 saturated carbocycles. The molecular formula is C12H25BO. The van der Waals surface area contributed by atoms with Crippen LogP contribution in [0, 0.1) is 11.8 Å². The molecule has 2 atom stereocenters. The van der Waals surface area contributed by atoms with E-state index in [0.29, 0.717) is 6.92 Å². The fourth-order valence-corrected chi connectivity index (χ4v) is 2.64. The summed E-state index contributed by atoms with van der Waals surface area (Å²) in [5.41, 5.74) is 0. The molecular weight excluding hydrogens is 171 g/mol. The highest BCUT2D eigenvalue weighted by Gasteiger charge is 2.26. The van der Waals surface area contributed by atoms with Crippen molar-refractivity contribution >= 4 is 6.92 Å². The highest BCUT2D eigenvalue weighted by Crippen LogP contribution is 2.28. The Morgan fingerprint density at radius 3 is 2.71 bits per heavy atom. The predicted octanol–water partition coefficient (Wildman–Crippen LogP) is 3.86. The van der Waals surface area contributed by atoms with Gasteiger partial charge in [0.25, 0.3) is 6.92 Å². The minimum atomic E-state index is 0.557. The molecule has 0 radical (unpaired) electrons. The van der Waals surface area contributed by atoms with Crippen molar-refractivity contribution in [3.8, 4) is 0 Å². The zero-order chi connectivity index (χ0) is 10.4. The molecule has 0 N–H and O–H groups in total. The summed E-state index contributed by atoms with van der Waals surface area (Å²) in [5, 5.41) is 0. The van der Waals surface area contributed by atoms with E-state index in [1.165, 1.54) is 38.3 Å². The van der Waals surface area contributed by atoms with E-state index < -0.39 is 0 Å². The SMILES string of the molecule is CCCB1CC(CCC)CC(C)CO1. The molecule has 1 heterocycles. The predicted molar refractivity (Wildman–Crippen MR) is 63.8 cm³/mol. The van der Waals surface area contributed by atoms with E-state index in [9.17, 15) is 0 Å². The van der Waals surface area contributed by atoms with E-state index in [0.717, 1.165) is 18.4 Å². The Morgan fingerprint density at radius 2 is 2.07 bits per heavy atom. The second kappa shape index (κ2) is 6.50. The van der Waals surface area contributed by atoms with Gasteiger partial charge in [-0.05, 0) is 30.9 Å². The van der Waals surface area contributed by atoms with Gasteiger partial charge in [-0.2, -0.15) is 0 Å². The lowest BCUT2D eigenvalue weighted by Gasteiger charge is -2.16. The quantitative estimate of drug-likeness (QED) is 0.620. The molecule has 82 valence electrons. The van der Waals surface area contributed by atoms with Crippen molar-refractivity contribution in [2.45, 2.75) is 59.1 Å². The molecule has 1 saturated heterocycles. The average Bonchev–Trinajstić information content (AvgIpc) is 2.30. The standard InChI is InChI=1S/C12H25BO/c1-4-6-12-8-11(3)10-14-13(9-12)7-5-2/h11-12H,4-10H2,1-3H3. The van der Waals surface area contributed by atoms with Gasteiger partial charge in [0.15, 0.2) is 0 Å². The van der Waals surface area contributed by atoms with Gasteiger partial charge < -0.3 is 4.65 Å². The molecule has 0 aromatic carbocycles. The van der Waals surface area contributed by atoms with Gasteiger partial charge in [-0.15, -0.1) is 0 Å². The molecule has 0 aliphatic carbocycles. The monoisotopic (exact) mass is 196 g/mol. The second-order valence-corrected chi connectivity index (χ2v) is 4.98. The van der Waals surface area contributed by atoms with Crippen LogP contribution in [-0.2, 0) is 4.65 Å². The first kappa shape index (κ1) is 12.1. The molecule has 1 aliphatic heterocycles. The van der Waals surface area contributed by atoms with Gasteiger partial charge in [0.1, 0.15) is 0 Å². The second-order valence-electron chi connectivity index (χ2n) is 4.98. The molecule has 1 aliphatic rings. The Kier molecular flexibility index (Phi) is 5.61. The molecule has 2 unspecified atom stereocenters. The third-order valence-corrected chi connectivity index (χ3v) is 3.26. The zero-order valence-corrected chi connectivity index (χ0v) is 10.1. The molecule has 0 bridgehead atoms. The van der Waals surface area contributed by atoms with E-state index in [4.69, 9.17) is 4.65 Å². The van der Waals surface area contributed by atoms with Gasteiger partial charge in [-0.25, -0.2) is 0 Å². The van der Waals surface area contributed by atoms with Crippen molar-refractivity contribution < 1.29 is 4.65 Å². The van der Waals surface area contributed by atoms with Crippen molar-refractivity contribution in [3.63, 3.8) is 0 Å². The molecule has 0 aromatic heterocycles. The van der Waals surface area contributed by atoms with E-state index in [1.807, 2.05) is 0 Å². The molecule has 14 heavy (non-hydrogen) atoms. The lowest BCUT2D eigenvalue weighted by Crippen LogP contribution is -2.19. The molecule has 2 heteroatoms. The van der Waals surface area contributed by atoms with Gasteiger partial charge in [0.2, 0.25) is 0 Å². The smallest absolute Gasteiger partial charge is 0.293 e. The van der Waals surface area contributed by atoms with Gasteiger partial charge in [0.05, 0.1) is 0 Å². The Hall–Kier alpha value is 0.0249. The Morgan fingerprint density at radius 1 is 1.29 bits per heavy atom. The van der Waals surface area contributed by atoms with E-state index >= 15 is 0 Å². The molecule has 0 aromatic rings. The topological polar surface area (TPSA) is 9.23 Å². The maximum atomic E-state index is 5.93. The minimum Gasteiger partial charge on any atom is -0.436 e. The fraction of sp³-hybridized carbons (Fsp3) is 1.00. The van der Waals surface area contributed by atoms with Crippen LogP contribution in [0.3, 0.4) is 0 Å². The van der Waals surface area contributed by atoms with Gasteiger partial charge in [-0.1, -0.05) is 40.0 Å². The van der Waals surface area contributed by atoms with Crippen molar-refractivity contribution in [3.05, 3.63) is 0 Å². The number of hydrogen-bond acceptors (Lipinski definition) is 1. The van der Waals surface area contributed by atoms with Crippen molar-refractivity contribution in [2.24, 2.45) is 11.8 Å². The first-order chi connectivity index (χ1) is 6.76. The zero-order valence-electron chi connectivity index (χ0n) is 10.1. The molecule has 1 nitrogen and oxygen atoms in total. The molecule has 1 fully saturated rings. The van der Waals surface area contributed by atoms with Gasteiger partial charge >= 0.3 is 0 Å². The summed E-state index contributed by atoms with van der Waals surface area (Å²) >= 11 is 0. The Labute approximate surface area is 89.7 Å². The summed E-state index contributed by atoms with van der Waals surface area (Å²) < 4.78 is 5.93. The summed E-state index contributed by atoms with van der Waals surface area (Å²) in [6, 6.07) is 0. The van der Waals surface area contributed by atoms with Crippen molar-refractivity contribution in [2.75, 3.05) is 6.61 Å². The molecule has 0 amide bonds. The van der Waals surface area contributed by atoms with Crippen LogP contribution in [0.5, 0.6) is 0 Å². The highest BCUT2D eigenvalue weighted by atomic mass is 16.4. The summed E-state index contributed by atoms with van der Waals surface area (Å²) in [5.74, 6) is 1.70. The first-order valence-corrected chi connectivity index (χ1v) is 6.37. The van der Waals surface area contributed by atoms with E-state index in [1.54, 1.807) is 0 Å². The van der Waals surface area contributed by atoms with Crippen LogP contribution < -0.4 is 0 Å². The van der Waals surface area contributed by atoms with Crippen LogP contribution in [-0.4, -0.2) is 13.5 Å². The first-order valence-electron chi connectivity index (χ1n) is 6.37. The minimum absolute atomic E-state index is 0.557. The number of hydrogen-bond donors (Lipinski definition) is 0. The summed E-state index contributed by atoms with van der Waals surface area (Å²) in [4.78, 5) is 0. The Balaban J connectivity index is 2.41. The van der Waals surface area contributed by atoms with E-state index in [2.05, 4.69) is 20.8 Å². The van der Waals surface area contributed by atoms with Crippen LogP contribution in [0.15, 0.2) is 0 Å². The summed E-state index contributed by atoms with van der Waals surface area (Å²) in [6.45, 7) is 8.43. The largest absolute Gasteiger partial charge is 0.436 e. The van der Waals surface area contributed by atoms with Crippen LogP contribution in [0.4, 0.5) is 0 Å². The maximum absolute atomic E-state index is 5.93. The maximum Gasteiger partial charge on any atom is 0.293 e. The third-order valence-electron chi connectivity index (χ3n) is 3.26. The highest BCUT2D eigenvalue weighted by molar-refractivity contribution is 6.51. The van der Waals surface area contributed by atoms with Gasteiger partial charge in [0, 0.05) is 6.61 Å². The van der Waals surface area contributed by atoms with Crippen molar-refractivity contribution in [1.82, 2.24) is 0 Å². The summed E-state index contributed by atoms with van der Waals surface area (Å²) in [6.07, 6.45) is 7.94. The third kappa shape index (κ3) is 4.04. The molecule has 0 spiro atoms. The average molecular weight is 196 g/mol. The van der Waals surface area contributed by atoms with Crippen LogP contribution in [0.1, 0.15) is 46.5 Å².